The summed E-state index contributed by atoms with van der Waals surface area (Å²) in [5.41, 5.74) is 4.34. The minimum absolute atomic E-state index is 0.938. The minimum atomic E-state index is 0.938. The van der Waals surface area contributed by atoms with E-state index in [9.17, 15) is 0 Å². The van der Waals surface area contributed by atoms with Crippen LogP contribution in [0.3, 0.4) is 0 Å². The van der Waals surface area contributed by atoms with Crippen LogP contribution >= 0.6 is 0 Å². The summed E-state index contributed by atoms with van der Waals surface area (Å²) in [5.74, 6) is 0. The van der Waals surface area contributed by atoms with Gasteiger partial charge in [-0.1, -0.05) is 48.0 Å². The van der Waals surface area contributed by atoms with Crippen LogP contribution < -0.4 is 0 Å². The Morgan fingerprint density at radius 1 is 0.810 bits per heavy atom. The molecule has 0 spiro atoms. The van der Waals surface area contributed by atoms with Crippen LogP contribution in [0.25, 0.3) is 32.9 Å². The van der Waals surface area contributed by atoms with Crippen LogP contribution in [0, 0.1) is 6.92 Å². The Balaban J connectivity index is 2.20. The lowest BCUT2D eigenvalue weighted by Crippen LogP contribution is -1.90. The molecule has 100 valence electrons. The fourth-order valence-electron chi connectivity index (χ4n) is 2.79. The maximum Gasteiger partial charge on any atom is 0.0899 e. The van der Waals surface area contributed by atoms with Crippen molar-refractivity contribution in [2.24, 2.45) is 0 Å². The van der Waals surface area contributed by atoms with Gasteiger partial charge in [-0.15, -0.1) is 0 Å². The number of rotatable bonds is 1. The summed E-state index contributed by atoms with van der Waals surface area (Å²) >= 11 is 0. The van der Waals surface area contributed by atoms with Crippen molar-refractivity contribution in [3.63, 3.8) is 0 Å². The number of nitrogens with zero attached hydrogens (tertiary/aromatic N) is 2. The summed E-state index contributed by atoms with van der Waals surface area (Å²) in [7, 11) is 0. The molecular formula is C19H14N2. The third kappa shape index (κ3) is 1.96. The van der Waals surface area contributed by atoms with Crippen LogP contribution in [0.2, 0.25) is 0 Å². The van der Waals surface area contributed by atoms with Gasteiger partial charge in [0.25, 0.3) is 0 Å². The standard InChI is InChI=1S/C19H14N2/c1-13-7-8-15-16-9-10-20-12-18(16)21-19(17(15)11-13)14-5-3-2-4-6-14/h2-12H,1H3. The summed E-state index contributed by atoms with van der Waals surface area (Å²) in [6, 6.07) is 18.9. The monoisotopic (exact) mass is 270 g/mol. The largest absolute Gasteiger partial charge is 0.262 e. The van der Waals surface area contributed by atoms with E-state index in [1.54, 1.807) is 0 Å². The predicted octanol–water partition coefficient (Wildman–Crippen LogP) is 4.76. The van der Waals surface area contributed by atoms with Crippen molar-refractivity contribution in [1.82, 2.24) is 9.97 Å². The number of pyridine rings is 2. The molecule has 0 atom stereocenters. The number of benzene rings is 2. The van der Waals surface area contributed by atoms with Gasteiger partial charge in [-0.05, 0) is 24.4 Å². The number of hydrogen-bond acceptors (Lipinski definition) is 2. The van der Waals surface area contributed by atoms with E-state index in [0.717, 1.165) is 22.2 Å². The Labute approximate surface area is 123 Å². The van der Waals surface area contributed by atoms with Crippen molar-refractivity contribution in [3.8, 4) is 11.3 Å². The first-order chi connectivity index (χ1) is 10.3. The Hall–Kier alpha value is -2.74. The molecule has 21 heavy (non-hydrogen) atoms. The van der Waals surface area contributed by atoms with Gasteiger partial charge in [-0.25, -0.2) is 4.98 Å². The highest BCUT2D eigenvalue weighted by molar-refractivity contribution is 6.10. The summed E-state index contributed by atoms with van der Waals surface area (Å²) in [5, 5.41) is 3.58. The second-order valence-corrected chi connectivity index (χ2v) is 5.27. The third-order valence-corrected chi connectivity index (χ3v) is 3.80. The highest BCUT2D eigenvalue weighted by Crippen LogP contribution is 2.32. The molecule has 4 rings (SSSR count). The van der Waals surface area contributed by atoms with E-state index >= 15 is 0 Å². The van der Waals surface area contributed by atoms with Crippen LogP contribution in [0.5, 0.6) is 0 Å². The van der Waals surface area contributed by atoms with E-state index in [-0.39, 0.29) is 0 Å². The van der Waals surface area contributed by atoms with E-state index in [1.807, 2.05) is 36.7 Å². The molecule has 0 bridgehead atoms. The normalized spacial score (nSPS) is 11.1. The van der Waals surface area contributed by atoms with E-state index in [2.05, 4.69) is 42.2 Å². The highest BCUT2D eigenvalue weighted by atomic mass is 14.7. The summed E-state index contributed by atoms with van der Waals surface area (Å²) < 4.78 is 0. The number of aryl methyl sites for hydroxylation is 1. The van der Waals surface area contributed by atoms with Gasteiger partial charge in [-0.3, -0.25) is 4.98 Å². The molecule has 0 saturated carbocycles. The Bertz CT molecular complexity index is 943. The number of hydrogen-bond donors (Lipinski definition) is 0. The van der Waals surface area contributed by atoms with Crippen molar-refractivity contribution >= 4 is 21.7 Å². The quantitative estimate of drug-likeness (QED) is 0.466. The molecule has 0 radical (unpaired) electrons. The Kier molecular flexibility index (Phi) is 2.68. The molecule has 0 amide bonds. The fourth-order valence-corrected chi connectivity index (χ4v) is 2.79. The fraction of sp³-hybridized carbons (Fsp3) is 0.0526. The van der Waals surface area contributed by atoms with E-state index in [1.165, 1.54) is 16.3 Å². The first-order valence-corrected chi connectivity index (χ1v) is 7.02. The van der Waals surface area contributed by atoms with E-state index in [4.69, 9.17) is 4.98 Å². The van der Waals surface area contributed by atoms with Crippen molar-refractivity contribution in [3.05, 3.63) is 72.6 Å². The molecule has 0 aliphatic carbocycles. The zero-order valence-corrected chi connectivity index (χ0v) is 11.7. The summed E-state index contributed by atoms with van der Waals surface area (Å²) in [6.45, 7) is 2.12. The van der Waals surface area contributed by atoms with Gasteiger partial charge in [0, 0.05) is 22.5 Å². The molecule has 0 saturated heterocycles. The topological polar surface area (TPSA) is 25.8 Å². The Morgan fingerprint density at radius 3 is 2.52 bits per heavy atom. The van der Waals surface area contributed by atoms with E-state index < -0.39 is 0 Å². The molecular weight excluding hydrogens is 256 g/mol. The van der Waals surface area contributed by atoms with Gasteiger partial charge in [0.1, 0.15) is 0 Å². The maximum atomic E-state index is 4.85. The van der Waals surface area contributed by atoms with Gasteiger partial charge < -0.3 is 0 Å². The van der Waals surface area contributed by atoms with Gasteiger partial charge in [0.05, 0.1) is 17.4 Å². The zero-order chi connectivity index (χ0) is 14.2. The SMILES string of the molecule is Cc1ccc2c(c1)c(-c1ccccc1)nc1cnccc12. The van der Waals surface area contributed by atoms with Crippen LogP contribution in [0.4, 0.5) is 0 Å². The lowest BCUT2D eigenvalue weighted by atomic mass is 9.99. The molecule has 0 aliphatic rings. The van der Waals surface area contributed by atoms with Gasteiger partial charge in [0.15, 0.2) is 0 Å². The molecule has 0 unspecified atom stereocenters. The summed E-state index contributed by atoms with van der Waals surface area (Å²) in [6.07, 6.45) is 3.66. The van der Waals surface area contributed by atoms with Crippen molar-refractivity contribution in [1.29, 1.82) is 0 Å². The molecule has 0 N–H and O–H groups in total. The number of aromatic nitrogens is 2. The molecule has 2 heterocycles. The third-order valence-electron chi connectivity index (χ3n) is 3.80. The molecule has 4 aromatic rings. The molecule has 2 aromatic carbocycles. The lowest BCUT2D eigenvalue weighted by Gasteiger charge is -2.10. The van der Waals surface area contributed by atoms with Crippen molar-refractivity contribution in [2.45, 2.75) is 6.92 Å². The highest BCUT2D eigenvalue weighted by Gasteiger charge is 2.10. The average Bonchev–Trinajstić information content (AvgIpc) is 2.54. The van der Waals surface area contributed by atoms with Crippen LogP contribution in [-0.4, -0.2) is 9.97 Å². The van der Waals surface area contributed by atoms with Crippen molar-refractivity contribution in [2.75, 3.05) is 0 Å². The van der Waals surface area contributed by atoms with Gasteiger partial charge >= 0.3 is 0 Å². The Morgan fingerprint density at radius 2 is 1.67 bits per heavy atom. The van der Waals surface area contributed by atoms with Gasteiger partial charge in [0.2, 0.25) is 0 Å². The molecule has 0 fully saturated rings. The van der Waals surface area contributed by atoms with Crippen LogP contribution in [-0.2, 0) is 0 Å². The van der Waals surface area contributed by atoms with Gasteiger partial charge in [-0.2, -0.15) is 0 Å². The average molecular weight is 270 g/mol. The second kappa shape index (κ2) is 4.67. The molecule has 0 aliphatic heterocycles. The molecule has 2 nitrogen and oxygen atoms in total. The maximum absolute atomic E-state index is 4.85. The van der Waals surface area contributed by atoms with Crippen LogP contribution in [0.15, 0.2) is 67.0 Å². The molecule has 2 aromatic heterocycles. The first-order valence-electron chi connectivity index (χ1n) is 7.02. The van der Waals surface area contributed by atoms with Crippen LogP contribution in [0.1, 0.15) is 5.56 Å². The smallest absolute Gasteiger partial charge is 0.0899 e. The minimum Gasteiger partial charge on any atom is -0.262 e. The number of fused-ring (bicyclic) bond motifs is 3. The zero-order valence-electron chi connectivity index (χ0n) is 11.7. The van der Waals surface area contributed by atoms with E-state index in [0.29, 0.717) is 0 Å². The lowest BCUT2D eigenvalue weighted by molar-refractivity contribution is 1.32. The molecule has 2 heteroatoms. The predicted molar refractivity (Wildman–Crippen MR) is 87.2 cm³/mol. The second-order valence-electron chi connectivity index (χ2n) is 5.27. The van der Waals surface area contributed by atoms with Crippen molar-refractivity contribution < 1.29 is 0 Å². The first kappa shape index (κ1) is 12.0. The summed E-state index contributed by atoms with van der Waals surface area (Å²) in [4.78, 5) is 9.06.